The van der Waals surface area contributed by atoms with Crippen molar-refractivity contribution in [1.29, 1.82) is 0 Å². The van der Waals surface area contributed by atoms with Crippen LogP contribution in [0.15, 0.2) is 0 Å². The summed E-state index contributed by atoms with van der Waals surface area (Å²) in [4.78, 5) is 0. The van der Waals surface area contributed by atoms with E-state index in [1.807, 2.05) is 0 Å². The normalized spacial score (nSPS) is 0. The molecule has 0 rings (SSSR count). The predicted molar refractivity (Wildman–Crippen MR) is 13.6 cm³/mol. The van der Waals surface area contributed by atoms with Crippen molar-refractivity contribution < 1.29 is 55.4 Å². The van der Waals surface area contributed by atoms with Crippen molar-refractivity contribution in [2.75, 3.05) is 0 Å². The molecule has 0 aromatic rings. The molecule has 3 nitrogen and oxygen atoms in total. The minimum absolute atomic E-state index is 0. The second-order valence-corrected chi connectivity index (χ2v) is 0. The third-order valence-corrected chi connectivity index (χ3v) is 0. The van der Waals surface area contributed by atoms with Crippen LogP contribution in [0.3, 0.4) is 0 Å². The molecule has 0 aliphatic heterocycles. The molecule has 0 saturated carbocycles. The van der Waals surface area contributed by atoms with Gasteiger partial charge in [0, 0.05) is 39.0 Å². The third kappa shape index (κ3) is 50.9. The Labute approximate surface area is 105 Å². The fourth-order valence-electron chi connectivity index (χ4n) is 0. The first-order valence-electron chi connectivity index (χ1n) is 0. The SMILES string of the molecule is [In+3].[In+3].[O-2].[O-2].[O-2].[Zn].[Zn]. The molecule has 0 spiro atoms. The molecule has 0 aliphatic carbocycles. The Kier molecular flexibility index (Phi) is 900. The van der Waals surface area contributed by atoms with E-state index in [-0.39, 0.29) is 107 Å². The van der Waals surface area contributed by atoms with Crippen LogP contribution < -0.4 is 0 Å². The van der Waals surface area contributed by atoms with Crippen molar-refractivity contribution in [2.45, 2.75) is 0 Å². The summed E-state index contributed by atoms with van der Waals surface area (Å²) in [5, 5.41) is 0. The molecule has 0 aromatic carbocycles. The molecule has 0 aliphatic rings. The molecule has 0 atom stereocenters. The van der Waals surface area contributed by atoms with Gasteiger partial charge >= 0.3 is 51.7 Å². The van der Waals surface area contributed by atoms with E-state index in [9.17, 15) is 0 Å². The summed E-state index contributed by atoms with van der Waals surface area (Å²) in [5.41, 5.74) is 0. The second kappa shape index (κ2) is 66.8. The molecule has 0 amide bonds. The smallest absolute Gasteiger partial charge is 2.00 e. The Balaban J connectivity index is 0. The first-order valence-corrected chi connectivity index (χ1v) is 0. The average Bonchev–Trinajstić information content (AvgIpc) is 0. The van der Waals surface area contributed by atoms with Crippen LogP contribution in [0.1, 0.15) is 0 Å². The summed E-state index contributed by atoms with van der Waals surface area (Å²) in [6, 6.07) is 0. The molecule has 7 heteroatoms. The van der Waals surface area contributed by atoms with E-state index in [4.69, 9.17) is 0 Å². The molecule has 0 heterocycles. The molecule has 0 unspecified atom stereocenters. The van der Waals surface area contributed by atoms with Gasteiger partial charge in [0.25, 0.3) is 0 Å². The maximum absolute atomic E-state index is 0. The Morgan fingerprint density at radius 3 is 0.429 bits per heavy atom. The molecule has 7 heavy (non-hydrogen) atoms. The summed E-state index contributed by atoms with van der Waals surface area (Å²) in [6.45, 7) is 0. The zero-order chi connectivity index (χ0) is 0. The van der Waals surface area contributed by atoms with Gasteiger partial charge < -0.3 is 16.4 Å². The Morgan fingerprint density at radius 2 is 0.429 bits per heavy atom. The van der Waals surface area contributed by atoms with Gasteiger partial charge in [-0.1, -0.05) is 0 Å². The molecule has 0 fully saturated rings. The van der Waals surface area contributed by atoms with E-state index in [1.54, 1.807) is 0 Å². The Morgan fingerprint density at radius 1 is 0.429 bits per heavy atom. The first kappa shape index (κ1) is 94.4. The van der Waals surface area contributed by atoms with Gasteiger partial charge in [-0.25, -0.2) is 0 Å². The molecular formula is In2O3Zn2. The van der Waals surface area contributed by atoms with Crippen molar-refractivity contribution in [3.63, 3.8) is 0 Å². The van der Waals surface area contributed by atoms with Crippen molar-refractivity contribution >= 4 is 51.7 Å². The van der Waals surface area contributed by atoms with Gasteiger partial charge in [0.05, 0.1) is 0 Å². The molecule has 0 aromatic heterocycles. The van der Waals surface area contributed by atoms with Gasteiger partial charge in [-0.3, -0.25) is 0 Å². The molecule has 0 radical (unpaired) electrons. The van der Waals surface area contributed by atoms with E-state index in [2.05, 4.69) is 0 Å². The zero-order valence-electron chi connectivity index (χ0n) is 3.79. The fourth-order valence-corrected chi connectivity index (χ4v) is 0. The van der Waals surface area contributed by atoms with E-state index in [0.29, 0.717) is 0 Å². The zero-order valence-corrected chi connectivity index (χ0v) is 16.3. The van der Waals surface area contributed by atoms with Crippen LogP contribution in [0.25, 0.3) is 0 Å². The molecule has 0 bridgehead atoms. The van der Waals surface area contributed by atoms with E-state index in [1.165, 1.54) is 0 Å². The standard InChI is InChI=1S/2In.3O.2Zn/q2*+3;3*-2;;. The van der Waals surface area contributed by atoms with Crippen LogP contribution in [0.4, 0.5) is 0 Å². The summed E-state index contributed by atoms with van der Waals surface area (Å²) >= 11 is 0. The van der Waals surface area contributed by atoms with Crippen LogP contribution in [0.5, 0.6) is 0 Å². The van der Waals surface area contributed by atoms with Crippen molar-refractivity contribution in [3.8, 4) is 0 Å². The van der Waals surface area contributed by atoms with E-state index in [0.717, 1.165) is 0 Å². The largest absolute Gasteiger partial charge is 3.00 e. The van der Waals surface area contributed by atoms with Crippen molar-refractivity contribution in [1.82, 2.24) is 0 Å². The summed E-state index contributed by atoms with van der Waals surface area (Å²) in [5.74, 6) is 0. The maximum Gasteiger partial charge on any atom is 3.00 e. The third-order valence-electron chi connectivity index (χ3n) is 0. The molecule has 0 N–H and O–H groups in total. The first-order chi connectivity index (χ1) is 0. The van der Waals surface area contributed by atoms with Crippen LogP contribution in [0, 0.1) is 0 Å². The number of hydrogen-bond donors (Lipinski definition) is 0. The van der Waals surface area contributed by atoms with E-state index < -0.39 is 0 Å². The average molecular weight is 408 g/mol. The summed E-state index contributed by atoms with van der Waals surface area (Å²) < 4.78 is 0. The minimum Gasteiger partial charge on any atom is -2.00 e. The predicted octanol–water partition coefficient (Wildman–Crippen LogP) is -1.12. The van der Waals surface area contributed by atoms with Gasteiger partial charge in [-0.15, -0.1) is 0 Å². The quantitative estimate of drug-likeness (QED) is 0.455. The number of rotatable bonds is 0. The van der Waals surface area contributed by atoms with Crippen molar-refractivity contribution in [3.05, 3.63) is 0 Å². The topological polar surface area (TPSA) is 85.5 Å². The van der Waals surface area contributed by atoms with Crippen molar-refractivity contribution in [2.24, 2.45) is 0 Å². The van der Waals surface area contributed by atoms with Gasteiger partial charge in [-0.2, -0.15) is 0 Å². The van der Waals surface area contributed by atoms with Gasteiger partial charge in [0.2, 0.25) is 0 Å². The fraction of sp³-hybridized carbons (Fsp3) is 0. The maximum atomic E-state index is 0. The summed E-state index contributed by atoms with van der Waals surface area (Å²) in [6.07, 6.45) is 0. The van der Waals surface area contributed by atoms with Gasteiger partial charge in [0.15, 0.2) is 0 Å². The molecule has 0 saturated heterocycles. The molecule has 28 valence electrons. The second-order valence-electron chi connectivity index (χ2n) is 0. The Hall–Kier alpha value is 2.87. The number of hydrogen-bond acceptors (Lipinski definition) is 0. The van der Waals surface area contributed by atoms with Gasteiger partial charge in [0.1, 0.15) is 0 Å². The van der Waals surface area contributed by atoms with E-state index >= 15 is 0 Å². The van der Waals surface area contributed by atoms with Crippen LogP contribution in [-0.2, 0) is 55.4 Å². The Bertz CT molecular complexity index is 10.9. The van der Waals surface area contributed by atoms with Crippen LogP contribution in [0.2, 0.25) is 0 Å². The minimum atomic E-state index is 0. The van der Waals surface area contributed by atoms with Crippen LogP contribution in [-0.4, -0.2) is 51.7 Å². The monoisotopic (exact) mass is 406 g/mol. The van der Waals surface area contributed by atoms with Crippen LogP contribution >= 0.6 is 0 Å². The summed E-state index contributed by atoms with van der Waals surface area (Å²) in [7, 11) is 0. The molecular weight excluding hydrogens is 408 g/mol. The van der Waals surface area contributed by atoms with Gasteiger partial charge in [-0.05, 0) is 0 Å².